The number of nitrogens with zero attached hydrogens (tertiary/aromatic N) is 1. The number of aryl methyl sites for hydroxylation is 1. The molecule has 0 bridgehead atoms. The summed E-state index contributed by atoms with van der Waals surface area (Å²) < 4.78 is 33.2. The number of carboxylic acid groups (broad SMARTS) is 1. The van der Waals surface area contributed by atoms with E-state index in [1.165, 1.54) is 31.2 Å². The molecule has 0 saturated heterocycles. The molecule has 1 N–H and O–H groups in total. The number of benzene rings is 2. The van der Waals surface area contributed by atoms with Gasteiger partial charge in [-0.2, -0.15) is 0 Å². The van der Waals surface area contributed by atoms with Gasteiger partial charge in [0.1, 0.15) is 22.7 Å². The number of carboxylic acids is 1. The highest BCUT2D eigenvalue weighted by Gasteiger charge is 2.21. The summed E-state index contributed by atoms with van der Waals surface area (Å²) in [7, 11) is 0. The Morgan fingerprint density at radius 1 is 1.24 bits per heavy atom. The van der Waals surface area contributed by atoms with Gasteiger partial charge in [0.15, 0.2) is 5.58 Å². The van der Waals surface area contributed by atoms with Crippen LogP contribution < -0.4 is 0 Å². The zero-order chi connectivity index (χ0) is 15.1. The van der Waals surface area contributed by atoms with Gasteiger partial charge < -0.3 is 9.52 Å². The van der Waals surface area contributed by atoms with E-state index in [0.717, 1.165) is 6.07 Å². The maximum Gasteiger partial charge on any atom is 0.338 e. The molecule has 3 aromatic rings. The third kappa shape index (κ3) is 2.05. The van der Waals surface area contributed by atoms with Gasteiger partial charge in [-0.05, 0) is 30.7 Å². The van der Waals surface area contributed by atoms with E-state index in [9.17, 15) is 13.6 Å². The molecule has 106 valence electrons. The number of halogens is 2. The fraction of sp³-hybridized carbons (Fsp3) is 0.0667. The molecule has 0 radical (unpaired) electrons. The van der Waals surface area contributed by atoms with Gasteiger partial charge in [-0.1, -0.05) is 12.1 Å². The first-order valence-corrected chi connectivity index (χ1v) is 6.07. The highest BCUT2D eigenvalue weighted by Crippen LogP contribution is 2.31. The van der Waals surface area contributed by atoms with Gasteiger partial charge in [-0.25, -0.2) is 18.6 Å². The van der Waals surface area contributed by atoms with Crippen LogP contribution in [0.1, 0.15) is 15.9 Å². The Morgan fingerprint density at radius 3 is 2.71 bits per heavy atom. The quantitative estimate of drug-likeness (QED) is 0.779. The molecule has 3 rings (SSSR count). The summed E-state index contributed by atoms with van der Waals surface area (Å²) in [5.41, 5.74) is -0.0314. The van der Waals surface area contributed by atoms with E-state index in [0.29, 0.717) is 0 Å². The van der Waals surface area contributed by atoms with Gasteiger partial charge in [0, 0.05) is 0 Å². The number of aromatic nitrogens is 1. The van der Waals surface area contributed by atoms with Gasteiger partial charge in [0.05, 0.1) is 5.56 Å². The minimum atomic E-state index is -1.19. The van der Waals surface area contributed by atoms with E-state index in [4.69, 9.17) is 9.52 Å². The van der Waals surface area contributed by atoms with Crippen molar-refractivity contribution in [3.05, 3.63) is 53.1 Å². The van der Waals surface area contributed by atoms with Crippen LogP contribution in [-0.2, 0) is 0 Å². The first-order chi connectivity index (χ1) is 9.99. The van der Waals surface area contributed by atoms with E-state index in [1.807, 2.05) is 0 Å². The molecule has 0 aliphatic rings. The molecule has 0 spiro atoms. The second-order valence-corrected chi connectivity index (χ2v) is 4.53. The molecule has 0 unspecified atom stereocenters. The molecule has 1 aromatic heterocycles. The summed E-state index contributed by atoms with van der Waals surface area (Å²) in [5.74, 6) is -3.07. The molecule has 0 fully saturated rings. The van der Waals surface area contributed by atoms with Crippen LogP contribution in [0.5, 0.6) is 0 Å². The van der Waals surface area contributed by atoms with Crippen molar-refractivity contribution in [3.8, 4) is 11.5 Å². The van der Waals surface area contributed by atoms with Gasteiger partial charge in [-0.3, -0.25) is 0 Å². The number of hydrogen-bond acceptors (Lipinski definition) is 3. The highest BCUT2D eigenvalue weighted by atomic mass is 19.1. The highest BCUT2D eigenvalue weighted by molar-refractivity contribution is 6.00. The van der Waals surface area contributed by atoms with Crippen molar-refractivity contribution in [1.82, 2.24) is 4.98 Å². The Hall–Kier alpha value is -2.76. The number of oxazole rings is 1. The maximum atomic E-state index is 14.1. The van der Waals surface area contributed by atoms with Crippen molar-refractivity contribution in [2.75, 3.05) is 0 Å². The van der Waals surface area contributed by atoms with E-state index >= 15 is 0 Å². The van der Waals surface area contributed by atoms with E-state index in [1.54, 1.807) is 0 Å². The largest absolute Gasteiger partial charge is 0.478 e. The van der Waals surface area contributed by atoms with E-state index in [2.05, 4.69) is 4.98 Å². The van der Waals surface area contributed by atoms with E-state index in [-0.39, 0.29) is 28.1 Å². The SMILES string of the molecule is Cc1ccc(F)c(-c2nc3c(C(=O)O)cccc3o2)c1F. The summed E-state index contributed by atoms with van der Waals surface area (Å²) in [6, 6.07) is 6.73. The molecule has 6 heteroatoms. The van der Waals surface area contributed by atoms with Crippen LogP contribution in [0.25, 0.3) is 22.6 Å². The molecule has 0 aliphatic carbocycles. The number of para-hydroxylation sites is 1. The molecule has 21 heavy (non-hydrogen) atoms. The van der Waals surface area contributed by atoms with Crippen LogP contribution in [0.3, 0.4) is 0 Å². The first-order valence-electron chi connectivity index (χ1n) is 6.07. The lowest BCUT2D eigenvalue weighted by Crippen LogP contribution is -1.97. The van der Waals surface area contributed by atoms with Gasteiger partial charge >= 0.3 is 5.97 Å². The van der Waals surface area contributed by atoms with Crippen LogP contribution in [0.2, 0.25) is 0 Å². The number of carbonyl (C=O) groups is 1. The average molecular weight is 289 g/mol. The van der Waals surface area contributed by atoms with Crippen LogP contribution in [0.15, 0.2) is 34.7 Å². The van der Waals surface area contributed by atoms with Crippen molar-refractivity contribution in [2.24, 2.45) is 0 Å². The molecule has 2 aromatic carbocycles. The zero-order valence-electron chi connectivity index (χ0n) is 10.9. The normalized spacial score (nSPS) is 11.0. The summed E-state index contributed by atoms with van der Waals surface area (Å²) >= 11 is 0. The Balaban J connectivity index is 2.30. The predicted octanol–water partition coefficient (Wildman–Crippen LogP) is 3.78. The second kappa shape index (κ2) is 4.66. The zero-order valence-corrected chi connectivity index (χ0v) is 10.9. The standard InChI is InChI=1S/C15H9F2NO3/c1-7-5-6-9(16)11(12(7)17)14-18-13-8(15(19)20)3-2-4-10(13)21-14/h2-6H,1H3,(H,19,20). The molecular formula is C15H9F2NO3. The number of fused-ring (bicyclic) bond motifs is 1. The minimum Gasteiger partial charge on any atom is -0.478 e. The lowest BCUT2D eigenvalue weighted by molar-refractivity contribution is 0.0699. The van der Waals surface area contributed by atoms with Gasteiger partial charge in [0.2, 0.25) is 5.89 Å². The van der Waals surface area contributed by atoms with Crippen LogP contribution in [0.4, 0.5) is 8.78 Å². The molecular weight excluding hydrogens is 280 g/mol. The lowest BCUT2D eigenvalue weighted by atomic mass is 10.1. The Bertz CT molecular complexity index is 871. The minimum absolute atomic E-state index is 0.0558. The third-order valence-electron chi connectivity index (χ3n) is 3.15. The molecule has 0 atom stereocenters. The predicted molar refractivity (Wildman–Crippen MR) is 71.1 cm³/mol. The van der Waals surface area contributed by atoms with Crippen molar-refractivity contribution >= 4 is 17.1 Å². The Kier molecular flexibility index (Phi) is 2.94. The molecule has 0 saturated carbocycles. The smallest absolute Gasteiger partial charge is 0.338 e. The molecule has 1 heterocycles. The lowest BCUT2D eigenvalue weighted by Gasteiger charge is -2.02. The fourth-order valence-corrected chi connectivity index (χ4v) is 2.08. The van der Waals surface area contributed by atoms with Crippen LogP contribution in [0, 0.1) is 18.6 Å². The Labute approximate surface area is 117 Å². The van der Waals surface area contributed by atoms with Gasteiger partial charge in [0.25, 0.3) is 0 Å². The van der Waals surface area contributed by atoms with Crippen molar-refractivity contribution < 1.29 is 23.1 Å². The second-order valence-electron chi connectivity index (χ2n) is 4.53. The first kappa shape index (κ1) is 13.2. The van der Waals surface area contributed by atoms with Crippen LogP contribution in [-0.4, -0.2) is 16.1 Å². The van der Waals surface area contributed by atoms with Crippen LogP contribution >= 0.6 is 0 Å². The molecule has 4 nitrogen and oxygen atoms in total. The van der Waals surface area contributed by atoms with E-state index < -0.39 is 23.2 Å². The van der Waals surface area contributed by atoms with Gasteiger partial charge in [-0.15, -0.1) is 0 Å². The summed E-state index contributed by atoms with van der Waals surface area (Å²) in [4.78, 5) is 15.1. The number of hydrogen-bond donors (Lipinski definition) is 1. The van der Waals surface area contributed by atoms with Crippen molar-refractivity contribution in [2.45, 2.75) is 6.92 Å². The average Bonchev–Trinajstić information content (AvgIpc) is 2.86. The number of rotatable bonds is 2. The monoisotopic (exact) mass is 289 g/mol. The number of aromatic carboxylic acids is 1. The molecule has 0 amide bonds. The fourth-order valence-electron chi connectivity index (χ4n) is 2.08. The summed E-state index contributed by atoms with van der Waals surface area (Å²) in [5, 5.41) is 9.09. The Morgan fingerprint density at radius 2 is 2.00 bits per heavy atom. The van der Waals surface area contributed by atoms with Crippen molar-refractivity contribution in [3.63, 3.8) is 0 Å². The maximum absolute atomic E-state index is 14.1. The van der Waals surface area contributed by atoms with Crippen molar-refractivity contribution in [1.29, 1.82) is 0 Å². The molecule has 0 aliphatic heterocycles. The topological polar surface area (TPSA) is 63.3 Å². The summed E-state index contributed by atoms with van der Waals surface area (Å²) in [6.07, 6.45) is 0. The third-order valence-corrected chi connectivity index (χ3v) is 3.15. The summed E-state index contributed by atoms with van der Waals surface area (Å²) in [6.45, 7) is 1.49.